The third-order valence-corrected chi connectivity index (χ3v) is 4.24. The van der Waals surface area contributed by atoms with Crippen molar-refractivity contribution in [1.29, 1.82) is 0 Å². The van der Waals surface area contributed by atoms with E-state index >= 15 is 0 Å². The minimum Gasteiger partial charge on any atom is -0.459 e. The van der Waals surface area contributed by atoms with Crippen LogP contribution in [0, 0.1) is 11.8 Å². The maximum Gasteiger partial charge on any atom is 0.411 e. The van der Waals surface area contributed by atoms with Crippen molar-refractivity contribution in [3.63, 3.8) is 0 Å². The first-order chi connectivity index (χ1) is 10.8. The molecule has 1 saturated carbocycles. The van der Waals surface area contributed by atoms with Crippen LogP contribution in [0.25, 0.3) is 0 Å². The lowest BCUT2D eigenvalue weighted by atomic mass is 10.2. The van der Waals surface area contributed by atoms with E-state index in [0.29, 0.717) is 12.5 Å². The fraction of sp³-hybridized carbons (Fsp3) is 0.556. The summed E-state index contributed by atoms with van der Waals surface area (Å²) in [5.74, 6) is 0.312. The van der Waals surface area contributed by atoms with Gasteiger partial charge in [-0.15, -0.1) is 0 Å². The average Bonchev–Trinajstić information content (AvgIpc) is 3.14. The minimum atomic E-state index is -0.567. The molecule has 5 heteroatoms. The maximum atomic E-state index is 12.5. The highest BCUT2D eigenvalue weighted by atomic mass is 16.6. The molecule has 0 aromatic heterocycles. The zero-order valence-electron chi connectivity index (χ0n) is 13.8. The zero-order valence-corrected chi connectivity index (χ0v) is 13.8. The normalized spacial score (nSPS) is 25.7. The minimum absolute atomic E-state index is 0.228. The number of nitrogens with zero attached hydrogens (tertiary/aromatic N) is 1. The van der Waals surface area contributed by atoms with Crippen LogP contribution < -0.4 is 0 Å². The Morgan fingerprint density at radius 2 is 1.91 bits per heavy atom. The van der Waals surface area contributed by atoms with Crippen molar-refractivity contribution in [1.82, 2.24) is 4.90 Å². The van der Waals surface area contributed by atoms with Crippen molar-refractivity contribution in [2.24, 2.45) is 11.8 Å². The molecule has 124 valence electrons. The molecule has 0 radical (unpaired) electrons. The lowest BCUT2D eigenvalue weighted by Gasteiger charge is -2.29. The van der Waals surface area contributed by atoms with E-state index in [9.17, 15) is 9.59 Å². The molecule has 2 aliphatic rings. The Bertz CT molecular complexity index is 593. The first kappa shape index (κ1) is 15.8. The van der Waals surface area contributed by atoms with Crippen LogP contribution in [0.4, 0.5) is 4.79 Å². The third-order valence-electron chi connectivity index (χ3n) is 4.24. The van der Waals surface area contributed by atoms with Gasteiger partial charge in [-0.1, -0.05) is 30.3 Å². The van der Waals surface area contributed by atoms with Gasteiger partial charge < -0.3 is 9.47 Å². The molecular weight excluding hydrogens is 294 g/mol. The van der Waals surface area contributed by atoms with Crippen molar-refractivity contribution < 1.29 is 19.1 Å². The molecule has 23 heavy (non-hydrogen) atoms. The van der Waals surface area contributed by atoms with E-state index in [1.807, 2.05) is 51.1 Å². The monoisotopic (exact) mass is 317 g/mol. The lowest BCUT2D eigenvalue weighted by molar-refractivity contribution is -0.151. The predicted octanol–water partition coefficient (Wildman–Crippen LogP) is 2.99. The van der Waals surface area contributed by atoms with Crippen molar-refractivity contribution in [2.45, 2.75) is 45.4 Å². The van der Waals surface area contributed by atoms with Gasteiger partial charge in [0.15, 0.2) is 0 Å². The van der Waals surface area contributed by atoms with Crippen LogP contribution in [0.15, 0.2) is 30.3 Å². The molecule has 0 bridgehead atoms. The van der Waals surface area contributed by atoms with Crippen LogP contribution >= 0.6 is 0 Å². The van der Waals surface area contributed by atoms with Crippen molar-refractivity contribution in [2.75, 3.05) is 6.54 Å². The van der Waals surface area contributed by atoms with Gasteiger partial charge in [0.05, 0.1) is 0 Å². The number of hydrogen-bond donors (Lipinski definition) is 0. The standard InChI is InChI=1S/C18H23NO4/c1-18(2,3)23-17(21)19-10-13-9-14(13)15(19)16(20)22-11-12-7-5-4-6-8-12/h4-8,13-15H,9-11H2,1-3H3/t13-,14-,15-/m1/s1. The quantitative estimate of drug-likeness (QED) is 0.804. The van der Waals surface area contributed by atoms with E-state index in [0.717, 1.165) is 12.0 Å². The molecule has 1 aliphatic carbocycles. The van der Waals surface area contributed by atoms with Gasteiger partial charge in [-0.3, -0.25) is 4.90 Å². The lowest BCUT2D eigenvalue weighted by Crippen LogP contribution is -2.46. The molecule has 5 nitrogen and oxygen atoms in total. The summed E-state index contributed by atoms with van der Waals surface area (Å²) in [5.41, 5.74) is 0.373. The third kappa shape index (κ3) is 3.66. The molecule has 0 N–H and O–H groups in total. The molecule has 0 unspecified atom stereocenters. The Morgan fingerprint density at radius 1 is 1.22 bits per heavy atom. The SMILES string of the molecule is CC(C)(C)OC(=O)N1C[C@H]2C[C@H]2[C@@H]1C(=O)OCc1ccccc1. The van der Waals surface area contributed by atoms with Crippen molar-refractivity contribution >= 4 is 12.1 Å². The Morgan fingerprint density at radius 3 is 2.57 bits per heavy atom. The molecule has 1 heterocycles. The fourth-order valence-corrected chi connectivity index (χ4v) is 3.09. The van der Waals surface area contributed by atoms with Crippen LogP contribution in [0.1, 0.15) is 32.8 Å². The highest BCUT2D eigenvalue weighted by Gasteiger charge is 2.58. The molecule has 1 aromatic carbocycles. The van der Waals surface area contributed by atoms with Crippen LogP contribution in [0.5, 0.6) is 0 Å². The highest BCUT2D eigenvalue weighted by molar-refractivity contribution is 5.83. The van der Waals surface area contributed by atoms with Crippen LogP contribution in [0.2, 0.25) is 0 Å². The molecule has 3 rings (SSSR count). The second kappa shape index (κ2) is 5.87. The Kier molecular flexibility index (Phi) is 4.04. The number of piperidine rings is 1. The number of carbonyl (C=O) groups is 2. The molecule has 1 saturated heterocycles. The summed E-state index contributed by atoms with van der Waals surface area (Å²) < 4.78 is 10.8. The summed E-state index contributed by atoms with van der Waals surface area (Å²) in [6, 6.07) is 9.05. The number of fused-ring (bicyclic) bond motifs is 1. The van der Waals surface area contributed by atoms with Crippen molar-refractivity contribution in [3.8, 4) is 0 Å². The molecule has 1 aromatic rings. The van der Waals surface area contributed by atoms with Gasteiger partial charge in [-0.2, -0.15) is 0 Å². The van der Waals surface area contributed by atoms with E-state index < -0.39 is 17.7 Å². The fourth-order valence-electron chi connectivity index (χ4n) is 3.09. The van der Waals surface area contributed by atoms with E-state index in [4.69, 9.17) is 9.47 Å². The van der Waals surface area contributed by atoms with Crippen LogP contribution in [-0.2, 0) is 20.9 Å². The Balaban J connectivity index is 1.62. The van der Waals surface area contributed by atoms with E-state index in [1.165, 1.54) is 4.90 Å². The topological polar surface area (TPSA) is 55.8 Å². The van der Waals surface area contributed by atoms with Gasteiger partial charge in [0.2, 0.25) is 0 Å². The van der Waals surface area contributed by atoms with E-state index in [2.05, 4.69) is 0 Å². The summed E-state index contributed by atoms with van der Waals surface area (Å²) in [7, 11) is 0. The molecular formula is C18H23NO4. The number of rotatable bonds is 3. The summed E-state index contributed by atoms with van der Waals surface area (Å²) >= 11 is 0. The van der Waals surface area contributed by atoms with Crippen molar-refractivity contribution in [3.05, 3.63) is 35.9 Å². The summed E-state index contributed by atoms with van der Waals surface area (Å²) in [6.45, 7) is 6.29. The number of benzene rings is 1. The zero-order chi connectivity index (χ0) is 16.6. The Hall–Kier alpha value is -2.04. The summed E-state index contributed by atoms with van der Waals surface area (Å²) in [5, 5.41) is 0. The number of amides is 1. The molecule has 1 amide bonds. The molecule has 3 atom stereocenters. The second-order valence-corrected chi connectivity index (χ2v) is 7.33. The maximum absolute atomic E-state index is 12.5. The number of ether oxygens (including phenoxy) is 2. The van der Waals surface area contributed by atoms with Gasteiger partial charge >= 0.3 is 12.1 Å². The molecule has 2 fully saturated rings. The van der Waals surface area contributed by atoms with E-state index in [-0.39, 0.29) is 18.5 Å². The number of esters is 1. The average molecular weight is 317 g/mol. The molecule has 1 aliphatic heterocycles. The second-order valence-electron chi connectivity index (χ2n) is 7.33. The number of likely N-dealkylation sites (tertiary alicyclic amines) is 1. The first-order valence-electron chi connectivity index (χ1n) is 8.05. The number of carbonyl (C=O) groups excluding carboxylic acids is 2. The molecule has 0 spiro atoms. The predicted molar refractivity (Wildman–Crippen MR) is 84.6 cm³/mol. The number of hydrogen-bond acceptors (Lipinski definition) is 4. The van der Waals surface area contributed by atoms with E-state index in [1.54, 1.807) is 0 Å². The first-order valence-corrected chi connectivity index (χ1v) is 8.05. The highest BCUT2D eigenvalue weighted by Crippen LogP contribution is 2.50. The van der Waals surface area contributed by atoms with Gasteiger partial charge in [-0.05, 0) is 44.6 Å². The summed E-state index contributed by atoms with van der Waals surface area (Å²) in [6.07, 6.45) is 0.566. The van der Waals surface area contributed by atoms with Gasteiger partial charge in [0.1, 0.15) is 18.2 Å². The van der Waals surface area contributed by atoms with Gasteiger partial charge in [0.25, 0.3) is 0 Å². The Labute approximate surface area is 136 Å². The van der Waals surface area contributed by atoms with Gasteiger partial charge in [-0.25, -0.2) is 9.59 Å². The van der Waals surface area contributed by atoms with Gasteiger partial charge in [0, 0.05) is 6.54 Å². The summed E-state index contributed by atoms with van der Waals surface area (Å²) in [4.78, 5) is 26.3. The van der Waals surface area contributed by atoms with Crippen LogP contribution in [0.3, 0.4) is 0 Å². The smallest absolute Gasteiger partial charge is 0.411 e. The largest absolute Gasteiger partial charge is 0.459 e. The van der Waals surface area contributed by atoms with Crippen LogP contribution in [-0.4, -0.2) is 35.2 Å².